The maximum Gasteiger partial charge on any atom is 0.293 e. The van der Waals surface area contributed by atoms with E-state index in [1.807, 2.05) is 24.3 Å². The Kier molecular flexibility index (Phi) is 7.01. The third-order valence-electron chi connectivity index (χ3n) is 5.73. The van der Waals surface area contributed by atoms with Crippen molar-refractivity contribution in [3.05, 3.63) is 75.8 Å². The van der Waals surface area contributed by atoms with Crippen molar-refractivity contribution in [2.75, 3.05) is 25.0 Å². The van der Waals surface area contributed by atoms with Crippen LogP contribution in [0.2, 0.25) is 5.02 Å². The van der Waals surface area contributed by atoms with Crippen LogP contribution in [0, 0.1) is 10.1 Å². The number of carbonyl (C=O) groups is 1. The van der Waals surface area contributed by atoms with E-state index in [2.05, 4.69) is 10.6 Å². The van der Waals surface area contributed by atoms with Crippen LogP contribution >= 0.6 is 11.6 Å². The second kappa shape index (κ2) is 9.96. The molecular formula is C23H23ClN4O5S. The molecule has 0 aromatic heterocycles. The number of anilines is 1. The highest BCUT2D eigenvalue weighted by molar-refractivity contribution is 7.89. The predicted octanol–water partition coefficient (Wildman–Crippen LogP) is 3.78. The third-order valence-corrected chi connectivity index (χ3v) is 7.87. The van der Waals surface area contributed by atoms with Crippen molar-refractivity contribution in [2.24, 2.45) is 0 Å². The number of nitrogens with zero attached hydrogens (tertiary/aromatic N) is 2. The highest BCUT2D eigenvalue weighted by atomic mass is 35.5. The maximum atomic E-state index is 13.3. The number of nitro benzene ring substituents is 1. The van der Waals surface area contributed by atoms with Crippen molar-refractivity contribution in [1.29, 1.82) is 0 Å². The van der Waals surface area contributed by atoms with Crippen LogP contribution in [0.15, 0.2) is 65.6 Å². The highest BCUT2D eigenvalue weighted by Crippen LogP contribution is 2.29. The van der Waals surface area contributed by atoms with Crippen LogP contribution in [0.4, 0.5) is 11.4 Å². The van der Waals surface area contributed by atoms with Crippen LogP contribution in [0.25, 0.3) is 10.8 Å². The average molecular weight is 503 g/mol. The molecule has 34 heavy (non-hydrogen) atoms. The van der Waals surface area contributed by atoms with E-state index in [0.717, 1.165) is 10.8 Å². The van der Waals surface area contributed by atoms with E-state index in [1.54, 1.807) is 18.2 Å². The number of benzene rings is 3. The fourth-order valence-electron chi connectivity index (χ4n) is 4.06. The number of hydrogen-bond donors (Lipinski definition) is 2. The lowest BCUT2D eigenvalue weighted by atomic mass is 10.1. The van der Waals surface area contributed by atoms with Crippen LogP contribution in [-0.4, -0.2) is 49.2 Å². The summed E-state index contributed by atoms with van der Waals surface area (Å²) < 4.78 is 27.8. The topological polar surface area (TPSA) is 122 Å². The Bertz CT molecular complexity index is 1350. The number of carbonyl (C=O) groups excluding carboxylic acids is 1. The molecule has 11 heteroatoms. The van der Waals surface area contributed by atoms with E-state index in [4.69, 9.17) is 11.6 Å². The number of rotatable bonds is 8. The fourth-order valence-corrected chi connectivity index (χ4v) is 5.92. The van der Waals surface area contributed by atoms with Gasteiger partial charge < -0.3 is 10.6 Å². The zero-order chi connectivity index (χ0) is 24.3. The van der Waals surface area contributed by atoms with Gasteiger partial charge in [-0.05, 0) is 47.9 Å². The first-order valence-corrected chi connectivity index (χ1v) is 12.6. The molecule has 4 rings (SSSR count). The van der Waals surface area contributed by atoms with Gasteiger partial charge in [-0.25, -0.2) is 8.42 Å². The van der Waals surface area contributed by atoms with Crippen molar-refractivity contribution in [3.8, 4) is 0 Å². The Morgan fingerprint density at radius 1 is 1.09 bits per heavy atom. The Morgan fingerprint density at radius 2 is 1.85 bits per heavy atom. The Hall–Kier alpha value is -3.21. The largest absolute Gasteiger partial charge is 0.378 e. The standard InChI is InChI=1S/C23H23ClN4O5S/c24-18-8-10-20(22(15-18)28(30)31)25-11-12-26-23(29)21-6-3-13-27(21)34(32,33)19-9-7-16-4-1-2-5-17(16)14-19/h1-2,4-5,7-10,14-15,21,25H,3,6,11-13H2,(H,26,29)/t21-/m1/s1. The Labute approximate surface area is 201 Å². The van der Waals surface area contributed by atoms with Gasteiger partial charge in [-0.15, -0.1) is 0 Å². The van der Waals surface area contributed by atoms with Crippen molar-refractivity contribution in [3.63, 3.8) is 0 Å². The van der Waals surface area contributed by atoms with E-state index >= 15 is 0 Å². The molecule has 0 saturated carbocycles. The van der Waals surface area contributed by atoms with Crippen LogP contribution in [0.5, 0.6) is 0 Å². The summed E-state index contributed by atoms with van der Waals surface area (Å²) in [4.78, 5) is 23.6. The number of hydrogen-bond acceptors (Lipinski definition) is 6. The molecule has 9 nitrogen and oxygen atoms in total. The van der Waals surface area contributed by atoms with Gasteiger partial charge in [0.05, 0.1) is 9.82 Å². The predicted molar refractivity (Wildman–Crippen MR) is 130 cm³/mol. The number of halogens is 1. The van der Waals surface area contributed by atoms with Crippen LogP contribution in [0.3, 0.4) is 0 Å². The minimum atomic E-state index is -3.85. The van der Waals surface area contributed by atoms with Gasteiger partial charge in [-0.1, -0.05) is 41.9 Å². The minimum absolute atomic E-state index is 0.155. The molecule has 1 heterocycles. The molecule has 2 N–H and O–H groups in total. The maximum absolute atomic E-state index is 13.3. The molecule has 1 amide bonds. The second-order valence-electron chi connectivity index (χ2n) is 7.92. The van der Waals surface area contributed by atoms with Gasteiger partial charge in [-0.2, -0.15) is 4.31 Å². The van der Waals surface area contributed by atoms with Gasteiger partial charge in [-0.3, -0.25) is 14.9 Å². The van der Waals surface area contributed by atoms with Gasteiger partial charge in [0.25, 0.3) is 5.69 Å². The van der Waals surface area contributed by atoms with Crippen LogP contribution in [-0.2, 0) is 14.8 Å². The minimum Gasteiger partial charge on any atom is -0.378 e. The third kappa shape index (κ3) is 4.98. The second-order valence-corrected chi connectivity index (χ2v) is 10.2. The molecule has 1 saturated heterocycles. The first kappa shape index (κ1) is 23.9. The molecule has 0 unspecified atom stereocenters. The number of sulfonamides is 1. The molecule has 0 spiro atoms. The summed E-state index contributed by atoms with van der Waals surface area (Å²) in [5.74, 6) is -0.394. The summed E-state index contributed by atoms with van der Waals surface area (Å²) in [7, 11) is -3.85. The molecule has 1 fully saturated rings. The zero-order valence-electron chi connectivity index (χ0n) is 18.1. The number of nitrogens with one attached hydrogen (secondary N) is 2. The summed E-state index contributed by atoms with van der Waals surface area (Å²) >= 11 is 5.82. The van der Waals surface area contributed by atoms with Gasteiger partial charge in [0.1, 0.15) is 11.7 Å². The lowest BCUT2D eigenvalue weighted by Crippen LogP contribution is -2.46. The molecule has 3 aromatic rings. The Morgan fingerprint density at radius 3 is 2.62 bits per heavy atom. The van der Waals surface area contributed by atoms with E-state index in [9.17, 15) is 23.3 Å². The first-order chi connectivity index (χ1) is 16.3. The summed E-state index contributed by atoms with van der Waals surface area (Å²) in [5.41, 5.74) is 0.118. The molecule has 3 aromatic carbocycles. The number of amides is 1. The van der Waals surface area contributed by atoms with Gasteiger partial charge in [0, 0.05) is 30.7 Å². The molecule has 1 aliphatic rings. The molecule has 1 aliphatic heterocycles. The smallest absolute Gasteiger partial charge is 0.293 e. The van der Waals surface area contributed by atoms with Crippen molar-refractivity contribution in [2.45, 2.75) is 23.8 Å². The zero-order valence-corrected chi connectivity index (χ0v) is 19.7. The normalized spacial score (nSPS) is 16.4. The van der Waals surface area contributed by atoms with E-state index < -0.39 is 26.9 Å². The summed E-state index contributed by atoms with van der Waals surface area (Å²) in [6, 6.07) is 15.9. The average Bonchev–Trinajstić information content (AvgIpc) is 3.33. The van der Waals surface area contributed by atoms with Gasteiger partial charge in [0.15, 0.2) is 0 Å². The van der Waals surface area contributed by atoms with E-state index in [1.165, 1.54) is 22.5 Å². The molecule has 0 bridgehead atoms. The van der Waals surface area contributed by atoms with Crippen LogP contribution < -0.4 is 10.6 Å². The molecule has 178 valence electrons. The van der Waals surface area contributed by atoms with Gasteiger partial charge >= 0.3 is 0 Å². The highest BCUT2D eigenvalue weighted by Gasteiger charge is 2.39. The van der Waals surface area contributed by atoms with Crippen molar-refractivity contribution < 1.29 is 18.1 Å². The lowest BCUT2D eigenvalue weighted by Gasteiger charge is -2.23. The molecular weight excluding hydrogens is 480 g/mol. The SMILES string of the molecule is O=C(NCCNc1ccc(Cl)cc1[N+](=O)[O-])[C@H]1CCCN1S(=O)(=O)c1ccc2ccccc2c1. The van der Waals surface area contributed by atoms with Crippen molar-refractivity contribution >= 4 is 49.7 Å². The first-order valence-electron chi connectivity index (χ1n) is 10.7. The summed E-state index contributed by atoms with van der Waals surface area (Å²) in [6.07, 6.45) is 1.01. The van der Waals surface area contributed by atoms with Crippen molar-refractivity contribution in [1.82, 2.24) is 9.62 Å². The van der Waals surface area contributed by atoms with Crippen LogP contribution in [0.1, 0.15) is 12.8 Å². The van der Waals surface area contributed by atoms with E-state index in [0.29, 0.717) is 12.8 Å². The van der Waals surface area contributed by atoms with Gasteiger partial charge in [0.2, 0.25) is 15.9 Å². The summed E-state index contributed by atoms with van der Waals surface area (Å²) in [6.45, 7) is 0.653. The Balaban J connectivity index is 1.40. The number of nitro groups is 1. The molecule has 1 atom stereocenters. The fraction of sp³-hybridized carbons (Fsp3) is 0.261. The molecule has 0 aliphatic carbocycles. The monoisotopic (exact) mass is 502 g/mol. The molecule has 0 radical (unpaired) electrons. The quantitative estimate of drug-likeness (QED) is 0.274. The number of fused-ring (bicyclic) bond motifs is 1. The lowest BCUT2D eigenvalue weighted by molar-refractivity contribution is -0.383. The van der Waals surface area contributed by atoms with E-state index in [-0.39, 0.29) is 40.9 Å². The summed E-state index contributed by atoms with van der Waals surface area (Å²) in [5, 5.41) is 18.8.